The Hall–Kier alpha value is -4.78. The number of rotatable bonds is 9. The van der Waals surface area contributed by atoms with Gasteiger partial charge in [-0.25, -0.2) is 4.98 Å². The van der Waals surface area contributed by atoms with Crippen LogP contribution in [0.1, 0.15) is 77.8 Å². The number of ether oxygens (including phenoxy) is 1. The smallest absolute Gasteiger partial charge is 0.256 e. The molecule has 1 N–H and O–H groups in total. The summed E-state index contributed by atoms with van der Waals surface area (Å²) >= 11 is 0. The monoisotopic (exact) mass is 588 g/mol. The minimum absolute atomic E-state index is 0.0474. The van der Waals surface area contributed by atoms with Gasteiger partial charge in [-0.15, -0.1) is 0 Å². The highest BCUT2D eigenvalue weighted by molar-refractivity contribution is 6.13. The number of anilines is 1. The summed E-state index contributed by atoms with van der Waals surface area (Å²) in [5.74, 6) is 1.75. The zero-order valence-electron chi connectivity index (χ0n) is 26.2. The molecule has 2 aromatic heterocycles. The van der Waals surface area contributed by atoms with Crippen LogP contribution >= 0.6 is 0 Å². The molecule has 1 aliphatic rings. The number of benzene rings is 2. The number of fused-ring (bicyclic) bond motifs is 1. The number of carbonyl (C=O) groups excluding carboxylic acids is 2. The van der Waals surface area contributed by atoms with Crippen LogP contribution in [0, 0.1) is 13.8 Å². The Bertz CT molecular complexity index is 1740. The number of amides is 2. The average molecular weight is 589 g/mol. The van der Waals surface area contributed by atoms with Gasteiger partial charge in [0, 0.05) is 42.8 Å². The molecule has 0 atom stereocenters. The minimum atomic E-state index is -0.246. The molecule has 0 spiro atoms. The summed E-state index contributed by atoms with van der Waals surface area (Å²) in [6, 6.07) is 18.6. The van der Waals surface area contributed by atoms with Crippen molar-refractivity contribution in [1.29, 1.82) is 0 Å². The number of hydrogen-bond acceptors (Lipinski definition) is 5. The predicted molar refractivity (Wildman–Crippen MR) is 176 cm³/mol. The molecular weight excluding hydrogens is 548 g/mol. The Kier molecular flexibility index (Phi) is 9.53. The highest BCUT2D eigenvalue weighted by Gasteiger charge is 2.18. The minimum Gasteiger partial charge on any atom is -0.467 e. The van der Waals surface area contributed by atoms with E-state index in [0.717, 1.165) is 65.7 Å². The fraction of sp³-hybridized carbons (Fsp3) is 0.297. The molecule has 0 unspecified atom stereocenters. The van der Waals surface area contributed by atoms with Gasteiger partial charge in [0.15, 0.2) is 0 Å². The second-order valence-electron chi connectivity index (χ2n) is 11.6. The van der Waals surface area contributed by atoms with Crippen molar-refractivity contribution < 1.29 is 14.3 Å². The van der Waals surface area contributed by atoms with Gasteiger partial charge in [0.2, 0.25) is 0 Å². The van der Waals surface area contributed by atoms with Crippen molar-refractivity contribution in [3.8, 4) is 11.4 Å². The van der Waals surface area contributed by atoms with Crippen molar-refractivity contribution in [2.24, 2.45) is 0 Å². The molecule has 7 heteroatoms. The quantitative estimate of drug-likeness (QED) is 0.199. The molecule has 3 heterocycles. The molecule has 0 fully saturated rings. The van der Waals surface area contributed by atoms with E-state index in [9.17, 15) is 9.59 Å². The van der Waals surface area contributed by atoms with Crippen molar-refractivity contribution in [2.45, 2.75) is 59.8 Å². The van der Waals surface area contributed by atoms with Crippen molar-refractivity contribution >= 4 is 28.4 Å². The third-order valence-electron chi connectivity index (χ3n) is 8.02. The van der Waals surface area contributed by atoms with Crippen LogP contribution in [0.3, 0.4) is 0 Å². The van der Waals surface area contributed by atoms with Gasteiger partial charge in [0.1, 0.15) is 5.76 Å². The number of aromatic nitrogens is 2. The molecule has 5 rings (SSSR count). The number of carbonyl (C=O) groups is 2. The number of aryl methyl sites for hydroxylation is 2. The van der Waals surface area contributed by atoms with E-state index < -0.39 is 0 Å². The zero-order chi connectivity index (χ0) is 31.2. The molecule has 44 heavy (non-hydrogen) atoms. The number of hydrogen-bond donors (Lipinski definition) is 1. The van der Waals surface area contributed by atoms with E-state index in [1.54, 1.807) is 41.4 Å². The number of pyridine rings is 2. The summed E-state index contributed by atoms with van der Waals surface area (Å²) in [4.78, 5) is 37.8. The lowest BCUT2D eigenvalue weighted by atomic mass is 10.00. The van der Waals surface area contributed by atoms with Gasteiger partial charge in [-0.2, -0.15) is 0 Å². The first-order chi connectivity index (χ1) is 21.2. The molecule has 0 bridgehead atoms. The molecule has 2 amide bonds. The van der Waals surface area contributed by atoms with Gasteiger partial charge >= 0.3 is 0 Å². The molecule has 0 saturated carbocycles. The summed E-state index contributed by atoms with van der Waals surface area (Å²) in [7, 11) is 1.83. The van der Waals surface area contributed by atoms with Crippen molar-refractivity contribution in [3.05, 3.63) is 112 Å². The zero-order valence-corrected chi connectivity index (χ0v) is 26.2. The number of nitrogens with one attached hydrogen (secondary N) is 1. The molecule has 4 aromatic rings. The molecule has 226 valence electrons. The molecule has 0 radical (unpaired) electrons. The van der Waals surface area contributed by atoms with E-state index in [4.69, 9.17) is 9.72 Å². The van der Waals surface area contributed by atoms with Crippen LogP contribution in [0.2, 0.25) is 0 Å². The number of nitrogens with zero attached hydrogens (tertiary/aromatic N) is 3. The Morgan fingerprint density at radius 1 is 0.955 bits per heavy atom. The van der Waals surface area contributed by atoms with E-state index in [0.29, 0.717) is 34.7 Å². The standard InChI is InChI=1S/C37H40N4O3/c1-24-21-26(3)35-30(22-24)31(23-33(40-35)32-13-6-8-19-38-32)36(42)39-29-17-15-28(16-18-29)37(43)41(5)20-9-7-14-34-25(2)11-10-12-27(4)44-34/h6,8,12-13,15-19,21-23H,7,9-11,14,20H2,1-5H3,(H,39,42). The third-order valence-corrected chi connectivity index (χ3v) is 8.02. The fourth-order valence-corrected chi connectivity index (χ4v) is 5.58. The normalized spacial score (nSPS) is 13.2. The maximum Gasteiger partial charge on any atom is 0.256 e. The van der Waals surface area contributed by atoms with Gasteiger partial charge in [-0.05, 0) is 119 Å². The van der Waals surface area contributed by atoms with Gasteiger partial charge < -0.3 is 15.0 Å². The molecule has 1 aliphatic heterocycles. The number of allylic oxidation sites excluding steroid dienone is 4. The van der Waals surface area contributed by atoms with Crippen LogP contribution in [0.5, 0.6) is 0 Å². The second-order valence-corrected chi connectivity index (χ2v) is 11.6. The molecule has 7 nitrogen and oxygen atoms in total. The largest absolute Gasteiger partial charge is 0.467 e. The highest BCUT2D eigenvalue weighted by Crippen LogP contribution is 2.28. The van der Waals surface area contributed by atoms with E-state index in [1.807, 2.05) is 52.1 Å². The molecule has 0 aliphatic carbocycles. The third kappa shape index (κ3) is 7.22. The van der Waals surface area contributed by atoms with Crippen LogP contribution < -0.4 is 5.32 Å². The van der Waals surface area contributed by atoms with E-state index in [-0.39, 0.29) is 11.8 Å². The first-order valence-corrected chi connectivity index (χ1v) is 15.2. The van der Waals surface area contributed by atoms with Crippen LogP contribution in [0.25, 0.3) is 22.3 Å². The summed E-state index contributed by atoms with van der Waals surface area (Å²) < 4.78 is 6.00. The molecule has 0 saturated heterocycles. The van der Waals surface area contributed by atoms with Gasteiger partial charge in [-0.1, -0.05) is 17.7 Å². The van der Waals surface area contributed by atoms with E-state index >= 15 is 0 Å². The average Bonchev–Trinajstić information content (AvgIpc) is 3.18. The SMILES string of the molecule is CC1=CCCC(C)=C(CCCCN(C)C(=O)c2ccc(NC(=O)c3cc(-c4ccccn4)nc4c(C)cc(C)cc34)cc2)O1. The van der Waals surface area contributed by atoms with Crippen molar-refractivity contribution in [3.63, 3.8) is 0 Å². The molecule has 2 aromatic carbocycles. The summed E-state index contributed by atoms with van der Waals surface area (Å²) in [6.07, 6.45) is 8.63. The number of unbranched alkanes of at least 4 members (excludes halogenated alkanes) is 1. The first kappa shape index (κ1) is 30.7. The lowest BCUT2D eigenvalue weighted by Gasteiger charge is -2.18. The summed E-state index contributed by atoms with van der Waals surface area (Å²) in [5, 5.41) is 3.80. The predicted octanol–water partition coefficient (Wildman–Crippen LogP) is 8.40. The molecular formula is C37H40N4O3. The maximum absolute atomic E-state index is 13.6. The van der Waals surface area contributed by atoms with Crippen molar-refractivity contribution in [2.75, 3.05) is 18.9 Å². The second kappa shape index (κ2) is 13.7. The highest BCUT2D eigenvalue weighted by atomic mass is 16.5. The van der Waals surface area contributed by atoms with Gasteiger partial charge in [0.25, 0.3) is 11.8 Å². The Balaban J connectivity index is 1.24. The van der Waals surface area contributed by atoms with Crippen LogP contribution in [-0.2, 0) is 4.74 Å². The topological polar surface area (TPSA) is 84.4 Å². The van der Waals surface area contributed by atoms with Gasteiger partial charge in [0.05, 0.1) is 28.2 Å². The lowest BCUT2D eigenvalue weighted by molar-refractivity contribution is 0.0792. The summed E-state index contributed by atoms with van der Waals surface area (Å²) in [5.41, 5.74) is 7.19. The maximum atomic E-state index is 13.6. The van der Waals surface area contributed by atoms with Crippen molar-refractivity contribution in [1.82, 2.24) is 14.9 Å². The van der Waals surface area contributed by atoms with E-state index in [1.165, 1.54) is 5.57 Å². The van der Waals surface area contributed by atoms with Crippen LogP contribution in [-0.4, -0.2) is 40.3 Å². The lowest BCUT2D eigenvalue weighted by Crippen LogP contribution is -2.27. The summed E-state index contributed by atoms with van der Waals surface area (Å²) in [6.45, 7) is 8.82. The van der Waals surface area contributed by atoms with Crippen LogP contribution in [0.4, 0.5) is 5.69 Å². The first-order valence-electron chi connectivity index (χ1n) is 15.2. The van der Waals surface area contributed by atoms with E-state index in [2.05, 4.69) is 29.4 Å². The Labute approximate surface area is 259 Å². The van der Waals surface area contributed by atoms with Crippen LogP contribution in [0.15, 0.2) is 90.0 Å². The van der Waals surface area contributed by atoms with Gasteiger partial charge in [-0.3, -0.25) is 14.6 Å². The Morgan fingerprint density at radius 2 is 1.75 bits per heavy atom. The fourth-order valence-electron chi connectivity index (χ4n) is 5.58. The Morgan fingerprint density at radius 3 is 2.50 bits per heavy atom.